The van der Waals surface area contributed by atoms with Crippen LogP contribution in [0.2, 0.25) is 0 Å². The van der Waals surface area contributed by atoms with Gasteiger partial charge in [0.25, 0.3) is 5.91 Å². The molecule has 3 amide bonds. The van der Waals surface area contributed by atoms with E-state index in [1.165, 1.54) is 12.1 Å². The normalized spacial score (nSPS) is 26.6. The lowest BCUT2D eigenvalue weighted by Gasteiger charge is -2.32. The van der Waals surface area contributed by atoms with Crippen LogP contribution in [0.5, 0.6) is 0 Å². The molecule has 1 heterocycles. The van der Waals surface area contributed by atoms with Crippen molar-refractivity contribution >= 4 is 11.9 Å². The Morgan fingerprint density at radius 2 is 2.12 bits per heavy atom. The van der Waals surface area contributed by atoms with Gasteiger partial charge >= 0.3 is 6.03 Å². The van der Waals surface area contributed by atoms with Gasteiger partial charge in [0.1, 0.15) is 11.4 Å². The van der Waals surface area contributed by atoms with Gasteiger partial charge in [0.15, 0.2) is 0 Å². The molecule has 1 spiro atoms. The van der Waals surface area contributed by atoms with E-state index < -0.39 is 11.6 Å². The van der Waals surface area contributed by atoms with E-state index in [4.69, 9.17) is 0 Å². The molecule has 1 aromatic rings. The third kappa shape index (κ3) is 1.35. The zero-order chi connectivity index (χ0) is 12.0. The molecule has 1 aromatic carbocycles. The molecule has 1 fully saturated rings. The molecule has 17 heavy (non-hydrogen) atoms. The molecular formula is C12H11FN2O2. The number of amides is 3. The third-order valence-electron chi connectivity index (χ3n) is 3.47. The first-order valence-corrected chi connectivity index (χ1v) is 5.54. The van der Waals surface area contributed by atoms with Gasteiger partial charge in [-0.3, -0.25) is 10.1 Å². The van der Waals surface area contributed by atoms with Crippen LogP contribution in [0.25, 0.3) is 0 Å². The van der Waals surface area contributed by atoms with Gasteiger partial charge in [0, 0.05) is 0 Å². The van der Waals surface area contributed by atoms with Gasteiger partial charge in [-0.15, -0.1) is 0 Å². The first-order valence-electron chi connectivity index (χ1n) is 5.54. The number of carbonyl (C=O) groups excluding carboxylic acids is 2. The highest BCUT2D eigenvalue weighted by Crippen LogP contribution is 2.37. The molecule has 3 rings (SSSR count). The fourth-order valence-corrected chi connectivity index (χ4v) is 2.70. The van der Waals surface area contributed by atoms with Crippen molar-refractivity contribution in [3.63, 3.8) is 0 Å². The van der Waals surface area contributed by atoms with Crippen LogP contribution in [0, 0.1) is 5.82 Å². The van der Waals surface area contributed by atoms with E-state index in [9.17, 15) is 14.0 Å². The number of nitrogens with one attached hydrogen (secondary N) is 2. The van der Waals surface area contributed by atoms with Gasteiger partial charge in [-0.05, 0) is 42.5 Å². The van der Waals surface area contributed by atoms with Crippen molar-refractivity contribution in [2.75, 3.05) is 0 Å². The van der Waals surface area contributed by atoms with Gasteiger partial charge < -0.3 is 5.32 Å². The van der Waals surface area contributed by atoms with Gasteiger partial charge in [0.2, 0.25) is 0 Å². The second-order valence-corrected chi connectivity index (χ2v) is 4.47. The number of benzene rings is 1. The SMILES string of the molecule is O=C1NC(=O)[C@@]2(CCCc3ccc(F)cc32)N1. The molecule has 1 atom stereocenters. The molecule has 0 unspecified atom stereocenters. The van der Waals surface area contributed by atoms with Crippen molar-refractivity contribution in [1.29, 1.82) is 0 Å². The monoisotopic (exact) mass is 234 g/mol. The summed E-state index contributed by atoms with van der Waals surface area (Å²) in [5.74, 6) is -0.770. The molecule has 1 aliphatic heterocycles. The summed E-state index contributed by atoms with van der Waals surface area (Å²) < 4.78 is 13.3. The van der Waals surface area contributed by atoms with Gasteiger partial charge in [0.05, 0.1) is 0 Å². The first kappa shape index (κ1) is 10.3. The molecule has 0 radical (unpaired) electrons. The minimum atomic E-state index is -1.06. The standard InChI is InChI=1S/C12H11FN2O2/c13-8-4-3-7-2-1-5-12(9(7)6-8)10(16)14-11(17)15-12/h3-4,6H,1-2,5H2,(H2,14,15,16,17)/t12-/m0/s1. The van der Waals surface area contributed by atoms with Crippen LogP contribution >= 0.6 is 0 Å². The molecule has 0 bridgehead atoms. The topological polar surface area (TPSA) is 58.2 Å². The summed E-state index contributed by atoms with van der Waals surface area (Å²) in [5.41, 5.74) is 0.453. The highest BCUT2D eigenvalue weighted by molar-refractivity contribution is 6.07. The van der Waals surface area contributed by atoms with E-state index in [0.717, 1.165) is 18.4 Å². The fourth-order valence-electron chi connectivity index (χ4n) is 2.70. The lowest BCUT2D eigenvalue weighted by Crippen LogP contribution is -2.46. The number of fused-ring (bicyclic) bond motifs is 2. The van der Waals surface area contributed by atoms with E-state index in [1.54, 1.807) is 6.07 Å². The maximum atomic E-state index is 13.3. The van der Waals surface area contributed by atoms with E-state index >= 15 is 0 Å². The second-order valence-electron chi connectivity index (χ2n) is 4.47. The van der Waals surface area contributed by atoms with Crippen molar-refractivity contribution in [2.24, 2.45) is 0 Å². The number of hydrogen-bond acceptors (Lipinski definition) is 2. The predicted octanol–water partition coefficient (Wildman–Crippen LogP) is 1.20. The van der Waals surface area contributed by atoms with E-state index in [1.807, 2.05) is 0 Å². The lowest BCUT2D eigenvalue weighted by molar-refractivity contribution is -0.124. The Morgan fingerprint density at radius 1 is 1.29 bits per heavy atom. The van der Waals surface area contributed by atoms with Gasteiger partial charge in [-0.1, -0.05) is 6.07 Å². The zero-order valence-corrected chi connectivity index (χ0v) is 9.05. The predicted molar refractivity (Wildman–Crippen MR) is 57.7 cm³/mol. The van der Waals surface area contributed by atoms with Crippen LogP contribution in [-0.2, 0) is 16.8 Å². The minimum Gasteiger partial charge on any atom is -0.319 e. The first-order chi connectivity index (χ1) is 8.12. The molecule has 1 aliphatic carbocycles. The number of halogens is 1. The molecule has 1 saturated heterocycles. The molecule has 2 N–H and O–H groups in total. The zero-order valence-electron chi connectivity index (χ0n) is 9.05. The van der Waals surface area contributed by atoms with Crippen molar-refractivity contribution < 1.29 is 14.0 Å². The Hall–Kier alpha value is -1.91. The average Bonchev–Trinajstić information content (AvgIpc) is 2.56. The molecule has 5 heteroatoms. The summed E-state index contributed by atoms with van der Waals surface area (Å²) in [6.07, 6.45) is 2.12. The number of imide groups is 1. The van der Waals surface area contributed by atoms with Crippen LogP contribution < -0.4 is 10.6 Å². The van der Waals surface area contributed by atoms with E-state index in [0.29, 0.717) is 12.0 Å². The maximum absolute atomic E-state index is 13.3. The van der Waals surface area contributed by atoms with Crippen LogP contribution in [0.3, 0.4) is 0 Å². The second kappa shape index (κ2) is 3.29. The summed E-state index contributed by atoms with van der Waals surface area (Å²) >= 11 is 0. The Morgan fingerprint density at radius 3 is 2.82 bits per heavy atom. The summed E-state index contributed by atoms with van der Waals surface area (Å²) in [6.45, 7) is 0. The van der Waals surface area contributed by atoms with Crippen LogP contribution in [0.1, 0.15) is 24.0 Å². The fraction of sp³-hybridized carbons (Fsp3) is 0.333. The Kier molecular flexibility index (Phi) is 1.98. The molecule has 2 aliphatic rings. The molecule has 0 saturated carbocycles. The summed E-state index contributed by atoms with van der Waals surface area (Å²) in [4.78, 5) is 23.2. The molecule has 88 valence electrons. The highest BCUT2D eigenvalue weighted by atomic mass is 19.1. The van der Waals surface area contributed by atoms with Crippen LogP contribution in [0.15, 0.2) is 18.2 Å². The number of hydrogen-bond donors (Lipinski definition) is 2. The third-order valence-corrected chi connectivity index (χ3v) is 3.47. The Balaban J connectivity index is 2.19. The Bertz CT molecular complexity index is 529. The number of rotatable bonds is 0. The van der Waals surface area contributed by atoms with Crippen molar-refractivity contribution in [3.05, 3.63) is 35.1 Å². The van der Waals surface area contributed by atoms with Gasteiger partial charge in [-0.25, -0.2) is 9.18 Å². The van der Waals surface area contributed by atoms with Gasteiger partial charge in [-0.2, -0.15) is 0 Å². The van der Waals surface area contributed by atoms with Crippen molar-refractivity contribution in [2.45, 2.75) is 24.8 Å². The average molecular weight is 234 g/mol. The number of carbonyl (C=O) groups is 2. The number of aryl methyl sites for hydroxylation is 1. The largest absolute Gasteiger partial charge is 0.322 e. The van der Waals surface area contributed by atoms with Crippen molar-refractivity contribution in [1.82, 2.24) is 10.6 Å². The minimum absolute atomic E-state index is 0.381. The van der Waals surface area contributed by atoms with Crippen LogP contribution in [0.4, 0.5) is 9.18 Å². The summed E-state index contributed by atoms with van der Waals surface area (Å²) in [5, 5.41) is 4.86. The quantitative estimate of drug-likeness (QED) is 0.662. The number of urea groups is 1. The highest BCUT2D eigenvalue weighted by Gasteiger charge is 2.49. The van der Waals surface area contributed by atoms with E-state index in [2.05, 4.69) is 10.6 Å². The lowest BCUT2D eigenvalue weighted by atomic mass is 9.76. The smallest absolute Gasteiger partial charge is 0.319 e. The summed E-state index contributed by atoms with van der Waals surface area (Å²) in [7, 11) is 0. The summed E-state index contributed by atoms with van der Waals surface area (Å²) in [6, 6.07) is 3.90. The maximum Gasteiger partial charge on any atom is 0.322 e. The van der Waals surface area contributed by atoms with Crippen LogP contribution in [-0.4, -0.2) is 11.9 Å². The van der Waals surface area contributed by atoms with Crippen molar-refractivity contribution in [3.8, 4) is 0 Å². The molecule has 0 aromatic heterocycles. The molecule has 4 nitrogen and oxygen atoms in total. The van der Waals surface area contributed by atoms with E-state index in [-0.39, 0.29) is 11.7 Å². The Labute approximate surface area is 97.2 Å². The molecular weight excluding hydrogens is 223 g/mol.